The maximum Gasteiger partial charge on any atom is 0.255 e. The molecular formula is C21H23N3O2S. The summed E-state index contributed by atoms with van der Waals surface area (Å²) in [5.41, 5.74) is 5.36. The van der Waals surface area contributed by atoms with Gasteiger partial charge < -0.3 is 20.7 Å². The van der Waals surface area contributed by atoms with Crippen molar-refractivity contribution >= 4 is 28.9 Å². The molecule has 0 bridgehead atoms. The van der Waals surface area contributed by atoms with Crippen molar-refractivity contribution < 1.29 is 9.53 Å². The standard InChI is InChI=1S/C21H23N3O2S/c1-12-5-8-16(11-13(12)2)23-20(25)18-14(3)22-21(27)24-19(18)15-6-9-17(26-4)10-7-15/h5-11,19H,1-4H3,(H,23,25)(H2,22,24,27). The fourth-order valence-electron chi connectivity index (χ4n) is 3.06. The highest BCUT2D eigenvalue weighted by Gasteiger charge is 2.30. The summed E-state index contributed by atoms with van der Waals surface area (Å²) in [6, 6.07) is 13.2. The summed E-state index contributed by atoms with van der Waals surface area (Å²) in [5.74, 6) is 0.594. The Morgan fingerprint density at radius 3 is 2.41 bits per heavy atom. The molecule has 0 spiro atoms. The summed E-state index contributed by atoms with van der Waals surface area (Å²) in [6.45, 7) is 5.93. The normalized spacial score (nSPS) is 16.4. The Bertz CT molecular complexity index is 920. The van der Waals surface area contributed by atoms with Crippen LogP contribution in [0, 0.1) is 13.8 Å². The monoisotopic (exact) mass is 381 g/mol. The molecule has 5 nitrogen and oxygen atoms in total. The van der Waals surface area contributed by atoms with Gasteiger partial charge in [0.05, 0.1) is 18.7 Å². The first-order valence-electron chi connectivity index (χ1n) is 8.70. The van der Waals surface area contributed by atoms with Crippen molar-refractivity contribution in [1.29, 1.82) is 0 Å². The number of nitrogens with one attached hydrogen (secondary N) is 3. The van der Waals surface area contributed by atoms with E-state index in [1.165, 1.54) is 5.56 Å². The van der Waals surface area contributed by atoms with Gasteiger partial charge in [-0.3, -0.25) is 4.79 Å². The van der Waals surface area contributed by atoms with Crippen LogP contribution in [0.4, 0.5) is 5.69 Å². The minimum Gasteiger partial charge on any atom is -0.497 e. The van der Waals surface area contributed by atoms with Gasteiger partial charge in [0.25, 0.3) is 5.91 Å². The summed E-state index contributed by atoms with van der Waals surface area (Å²) in [6.07, 6.45) is 0. The number of thiocarbonyl (C=S) groups is 1. The van der Waals surface area contributed by atoms with E-state index in [-0.39, 0.29) is 11.9 Å². The number of amides is 1. The molecule has 0 fully saturated rings. The van der Waals surface area contributed by atoms with Gasteiger partial charge in [0.15, 0.2) is 5.11 Å². The Kier molecular flexibility index (Phi) is 5.46. The number of carbonyl (C=O) groups is 1. The molecule has 1 unspecified atom stereocenters. The number of carbonyl (C=O) groups excluding carboxylic acids is 1. The highest BCUT2D eigenvalue weighted by molar-refractivity contribution is 7.80. The molecule has 140 valence electrons. The van der Waals surface area contributed by atoms with Crippen LogP contribution in [0.15, 0.2) is 53.7 Å². The third kappa shape index (κ3) is 4.11. The molecule has 0 aromatic heterocycles. The zero-order valence-electron chi connectivity index (χ0n) is 15.8. The van der Waals surface area contributed by atoms with Crippen LogP contribution in [-0.4, -0.2) is 18.1 Å². The van der Waals surface area contributed by atoms with Crippen molar-refractivity contribution in [3.63, 3.8) is 0 Å². The van der Waals surface area contributed by atoms with Gasteiger partial charge >= 0.3 is 0 Å². The van der Waals surface area contributed by atoms with E-state index in [0.29, 0.717) is 10.7 Å². The molecule has 27 heavy (non-hydrogen) atoms. The van der Waals surface area contributed by atoms with Crippen molar-refractivity contribution in [2.24, 2.45) is 0 Å². The number of ether oxygens (including phenoxy) is 1. The number of benzene rings is 2. The number of hydrogen-bond acceptors (Lipinski definition) is 3. The van der Waals surface area contributed by atoms with Crippen molar-refractivity contribution in [3.05, 3.63) is 70.4 Å². The Morgan fingerprint density at radius 1 is 1.07 bits per heavy atom. The van der Waals surface area contributed by atoms with E-state index in [1.807, 2.05) is 63.2 Å². The first kappa shape index (κ1) is 18.9. The van der Waals surface area contributed by atoms with E-state index in [1.54, 1.807) is 7.11 Å². The highest BCUT2D eigenvalue weighted by atomic mass is 32.1. The van der Waals surface area contributed by atoms with E-state index in [0.717, 1.165) is 28.3 Å². The van der Waals surface area contributed by atoms with Crippen LogP contribution in [0.25, 0.3) is 0 Å². The third-order valence-corrected chi connectivity index (χ3v) is 4.95. The average molecular weight is 382 g/mol. The SMILES string of the molecule is COc1ccc(C2NC(=S)NC(C)=C2C(=O)Nc2ccc(C)c(C)c2)cc1. The van der Waals surface area contributed by atoms with E-state index in [9.17, 15) is 4.79 Å². The number of hydrogen-bond donors (Lipinski definition) is 3. The van der Waals surface area contributed by atoms with Crippen molar-refractivity contribution in [3.8, 4) is 5.75 Å². The number of allylic oxidation sites excluding steroid dienone is 1. The van der Waals surface area contributed by atoms with Gasteiger partial charge in [-0.05, 0) is 73.9 Å². The Labute approximate surface area is 164 Å². The van der Waals surface area contributed by atoms with E-state index in [2.05, 4.69) is 16.0 Å². The minimum atomic E-state index is -0.337. The molecule has 2 aromatic rings. The first-order valence-corrected chi connectivity index (χ1v) is 9.10. The minimum absolute atomic E-state index is 0.168. The average Bonchev–Trinajstić information content (AvgIpc) is 2.64. The Morgan fingerprint density at radius 2 is 1.78 bits per heavy atom. The number of aryl methyl sites for hydroxylation is 2. The molecule has 1 aliphatic heterocycles. The smallest absolute Gasteiger partial charge is 0.255 e. The molecule has 1 amide bonds. The predicted octanol–water partition coefficient (Wildman–Crippen LogP) is 3.74. The molecule has 0 saturated heterocycles. The van der Waals surface area contributed by atoms with Crippen molar-refractivity contribution in [2.45, 2.75) is 26.8 Å². The van der Waals surface area contributed by atoms with E-state index < -0.39 is 0 Å². The molecule has 1 aliphatic rings. The fourth-order valence-corrected chi connectivity index (χ4v) is 3.33. The summed E-state index contributed by atoms with van der Waals surface area (Å²) in [7, 11) is 1.62. The summed E-state index contributed by atoms with van der Waals surface area (Å²) < 4.78 is 5.22. The van der Waals surface area contributed by atoms with Crippen LogP contribution in [0.2, 0.25) is 0 Å². The van der Waals surface area contributed by atoms with Gasteiger partial charge in [-0.15, -0.1) is 0 Å². The summed E-state index contributed by atoms with van der Waals surface area (Å²) in [5, 5.41) is 9.75. The fraction of sp³-hybridized carbons (Fsp3) is 0.238. The molecule has 3 N–H and O–H groups in total. The largest absolute Gasteiger partial charge is 0.497 e. The van der Waals surface area contributed by atoms with Crippen molar-refractivity contribution in [1.82, 2.24) is 10.6 Å². The molecule has 0 aliphatic carbocycles. The molecule has 1 atom stereocenters. The maximum atomic E-state index is 13.1. The second kappa shape index (κ2) is 7.80. The van der Waals surface area contributed by atoms with Gasteiger partial charge in [-0.25, -0.2) is 0 Å². The maximum absolute atomic E-state index is 13.1. The van der Waals surface area contributed by atoms with Crippen LogP contribution < -0.4 is 20.7 Å². The van der Waals surface area contributed by atoms with Gasteiger partial charge in [-0.2, -0.15) is 0 Å². The zero-order chi connectivity index (χ0) is 19.6. The molecule has 3 rings (SSSR count). The number of anilines is 1. The lowest BCUT2D eigenvalue weighted by Gasteiger charge is -2.30. The summed E-state index contributed by atoms with van der Waals surface area (Å²) in [4.78, 5) is 13.1. The lowest BCUT2D eigenvalue weighted by molar-refractivity contribution is -0.113. The molecule has 6 heteroatoms. The van der Waals surface area contributed by atoms with Crippen LogP contribution in [0.3, 0.4) is 0 Å². The molecular weight excluding hydrogens is 358 g/mol. The first-order chi connectivity index (χ1) is 12.9. The van der Waals surface area contributed by atoms with E-state index >= 15 is 0 Å². The second-order valence-electron chi connectivity index (χ2n) is 6.60. The topological polar surface area (TPSA) is 62.4 Å². The molecule has 0 saturated carbocycles. The van der Waals surface area contributed by atoms with Gasteiger partial charge in [0.1, 0.15) is 5.75 Å². The molecule has 0 radical (unpaired) electrons. The third-order valence-electron chi connectivity index (χ3n) is 4.73. The van der Waals surface area contributed by atoms with Crippen LogP contribution in [-0.2, 0) is 4.79 Å². The number of methoxy groups -OCH3 is 1. The zero-order valence-corrected chi connectivity index (χ0v) is 16.7. The van der Waals surface area contributed by atoms with E-state index in [4.69, 9.17) is 17.0 Å². The quantitative estimate of drug-likeness (QED) is 0.704. The Balaban J connectivity index is 1.92. The van der Waals surface area contributed by atoms with Gasteiger partial charge in [0, 0.05) is 11.4 Å². The van der Waals surface area contributed by atoms with Crippen LogP contribution in [0.5, 0.6) is 5.75 Å². The second-order valence-corrected chi connectivity index (χ2v) is 7.00. The predicted molar refractivity (Wildman–Crippen MR) is 112 cm³/mol. The van der Waals surface area contributed by atoms with Gasteiger partial charge in [-0.1, -0.05) is 18.2 Å². The highest BCUT2D eigenvalue weighted by Crippen LogP contribution is 2.29. The Hall–Kier alpha value is -2.86. The molecule has 1 heterocycles. The molecule has 2 aromatic carbocycles. The summed E-state index contributed by atoms with van der Waals surface area (Å²) >= 11 is 5.30. The van der Waals surface area contributed by atoms with Crippen LogP contribution >= 0.6 is 12.2 Å². The van der Waals surface area contributed by atoms with Crippen LogP contribution in [0.1, 0.15) is 29.7 Å². The lowest BCUT2D eigenvalue weighted by atomic mass is 9.94. The van der Waals surface area contributed by atoms with Crippen molar-refractivity contribution in [2.75, 3.05) is 12.4 Å². The number of rotatable bonds is 4. The lowest BCUT2D eigenvalue weighted by Crippen LogP contribution is -2.45. The van der Waals surface area contributed by atoms with Gasteiger partial charge in [0.2, 0.25) is 0 Å².